The maximum atomic E-state index is 11.9. The second kappa shape index (κ2) is 6.31. The lowest BCUT2D eigenvalue weighted by Crippen LogP contribution is -2.41. The van der Waals surface area contributed by atoms with Crippen LogP contribution in [0, 0.1) is 0 Å². The van der Waals surface area contributed by atoms with Gasteiger partial charge in [0.25, 0.3) is 0 Å². The summed E-state index contributed by atoms with van der Waals surface area (Å²) in [4.78, 5) is 14.2. The van der Waals surface area contributed by atoms with E-state index in [9.17, 15) is 4.79 Å². The van der Waals surface area contributed by atoms with E-state index in [1.165, 1.54) is 19.3 Å². The lowest BCUT2D eigenvalue weighted by Gasteiger charge is -2.32. The summed E-state index contributed by atoms with van der Waals surface area (Å²) in [7, 11) is 0. The maximum absolute atomic E-state index is 11.9. The maximum Gasteiger partial charge on any atom is 0.331 e. The van der Waals surface area contributed by atoms with E-state index in [0.29, 0.717) is 6.61 Å². The largest absolute Gasteiger partial charge is 0.470 e. The molecule has 2 heterocycles. The number of para-hydroxylation sites is 1. The molecule has 4 heteroatoms. The van der Waals surface area contributed by atoms with E-state index in [2.05, 4.69) is 4.90 Å². The van der Waals surface area contributed by atoms with Crippen LogP contribution in [0.5, 0.6) is 5.75 Å². The van der Waals surface area contributed by atoms with Gasteiger partial charge in [-0.2, -0.15) is 0 Å². The number of piperidine rings is 1. The van der Waals surface area contributed by atoms with Gasteiger partial charge in [-0.1, -0.05) is 24.6 Å². The average molecular weight is 287 g/mol. The molecular formula is C17H21NO3. The molecule has 3 rings (SSSR count). The summed E-state index contributed by atoms with van der Waals surface area (Å²) in [5.74, 6) is 0.554. The Morgan fingerprint density at radius 1 is 1.33 bits per heavy atom. The number of likely N-dealkylation sites (tertiary alicyclic amines) is 1. The summed E-state index contributed by atoms with van der Waals surface area (Å²) in [5.41, 5.74) is 1.92. The number of benzene rings is 1. The highest BCUT2D eigenvalue weighted by molar-refractivity contribution is 5.94. The molecule has 1 atom stereocenters. The molecule has 1 fully saturated rings. The molecule has 0 aliphatic carbocycles. The normalized spacial score (nSPS) is 23.7. The van der Waals surface area contributed by atoms with Crippen LogP contribution in [0.25, 0.3) is 5.57 Å². The Bertz CT molecular complexity index is 547. The molecule has 2 aliphatic heterocycles. The minimum Gasteiger partial charge on any atom is -0.470 e. The van der Waals surface area contributed by atoms with Crippen LogP contribution in [0.3, 0.4) is 0 Å². The zero-order chi connectivity index (χ0) is 14.7. The van der Waals surface area contributed by atoms with Gasteiger partial charge < -0.3 is 9.47 Å². The molecule has 0 amide bonds. The van der Waals surface area contributed by atoms with Gasteiger partial charge in [0, 0.05) is 30.3 Å². The summed E-state index contributed by atoms with van der Waals surface area (Å²) in [5, 5.41) is 0. The van der Waals surface area contributed by atoms with Crippen molar-refractivity contribution in [3.8, 4) is 5.75 Å². The lowest BCUT2D eigenvalue weighted by molar-refractivity contribution is -0.137. The fourth-order valence-electron chi connectivity index (χ4n) is 3.01. The second-order valence-electron chi connectivity index (χ2n) is 5.41. The van der Waals surface area contributed by atoms with Gasteiger partial charge >= 0.3 is 5.97 Å². The number of hydrogen-bond acceptors (Lipinski definition) is 4. The molecule has 0 N–H and O–H groups in total. The van der Waals surface area contributed by atoms with Crippen LogP contribution in [0.1, 0.15) is 31.7 Å². The molecule has 1 saturated heterocycles. The zero-order valence-corrected chi connectivity index (χ0v) is 12.4. The summed E-state index contributed by atoms with van der Waals surface area (Å²) in [6, 6.07) is 7.89. The van der Waals surface area contributed by atoms with E-state index in [1.807, 2.05) is 31.2 Å². The van der Waals surface area contributed by atoms with Crippen LogP contribution in [0.15, 0.2) is 30.3 Å². The molecule has 21 heavy (non-hydrogen) atoms. The fraction of sp³-hybridized carbons (Fsp3) is 0.471. The molecule has 2 aliphatic rings. The van der Waals surface area contributed by atoms with E-state index in [0.717, 1.165) is 30.0 Å². The number of fused-ring (bicyclic) bond motifs is 1. The molecule has 1 aromatic rings. The standard InChI is InChI=1S/C17H21NO3/c1-2-20-16(19)12-14-13-8-4-5-9-15(13)21-17(14)18-10-6-3-7-11-18/h4-5,8-9,12,17H,2-3,6-7,10-11H2,1H3. The highest BCUT2D eigenvalue weighted by atomic mass is 16.5. The number of nitrogens with zero attached hydrogens (tertiary/aromatic N) is 1. The third-order valence-electron chi connectivity index (χ3n) is 3.98. The predicted octanol–water partition coefficient (Wildman–Crippen LogP) is 2.84. The minimum atomic E-state index is -0.296. The highest BCUT2D eigenvalue weighted by Gasteiger charge is 2.34. The Kier molecular flexibility index (Phi) is 4.25. The van der Waals surface area contributed by atoms with Gasteiger partial charge in [0.05, 0.1) is 6.61 Å². The van der Waals surface area contributed by atoms with Crippen molar-refractivity contribution in [1.29, 1.82) is 0 Å². The van der Waals surface area contributed by atoms with Crippen molar-refractivity contribution in [2.75, 3.05) is 19.7 Å². The number of carbonyl (C=O) groups is 1. The minimum absolute atomic E-state index is 0.160. The Labute approximate surface area is 125 Å². The van der Waals surface area contributed by atoms with Crippen molar-refractivity contribution in [2.24, 2.45) is 0 Å². The Balaban J connectivity index is 1.91. The second-order valence-corrected chi connectivity index (χ2v) is 5.41. The zero-order valence-electron chi connectivity index (χ0n) is 12.4. The first-order chi connectivity index (χ1) is 10.3. The number of hydrogen-bond donors (Lipinski definition) is 0. The average Bonchev–Trinajstić information content (AvgIpc) is 2.87. The van der Waals surface area contributed by atoms with Crippen molar-refractivity contribution in [3.63, 3.8) is 0 Å². The molecule has 0 radical (unpaired) electrons. The number of ether oxygens (including phenoxy) is 2. The molecule has 1 aromatic carbocycles. The Hall–Kier alpha value is -1.81. The van der Waals surface area contributed by atoms with Gasteiger partial charge in [-0.05, 0) is 25.8 Å². The van der Waals surface area contributed by atoms with Crippen molar-refractivity contribution in [3.05, 3.63) is 35.9 Å². The first-order valence-corrected chi connectivity index (χ1v) is 7.68. The third-order valence-corrected chi connectivity index (χ3v) is 3.98. The summed E-state index contributed by atoms with van der Waals surface area (Å²) < 4.78 is 11.2. The van der Waals surface area contributed by atoms with Gasteiger partial charge in [-0.25, -0.2) is 4.79 Å². The lowest BCUT2D eigenvalue weighted by atomic mass is 10.0. The molecule has 1 unspecified atom stereocenters. The van der Waals surface area contributed by atoms with Gasteiger partial charge in [0.2, 0.25) is 0 Å². The van der Waals surface area contributed by atoms with Crippen molar-refractivity contribution in [2.45, 2.75) is 32.4 Å². The summed E-state index contributed by atoms with van der Waals surface area (Å²) in [6.45, 7) is 4.23. The predicted molar refractivity (Wildman–Crippen MR) is 80.9 cm³/mol. The van der Waals surface area contributed by atoms with Gasteiger partial charge in [-0.3, -0.25) is 4.90 Å². The number of carbonyl (C=O) groups excluding carboxylic acids is 1. The van der Waals surface area contributed by atoms with Gasteiger partial charge in [0.15, 0.2) is 6.23 Å². The Morgan fingerprint density at radius 2 is 2.10 bits per heavy atom. The van der Waals surface area contributed by atoms with Crippen LogP contribution < -0.4 is 4.74 Å². The van der Waals surface area contributed by atoms with Crippen molar-refractivity contribution < 1.29 is 14.3 Å². The topological polar surface area (TPSA) is 38.8 Å². The van der Waals surface area contributed by atoms with Crippen LogP contribution in [-0.2, 0) is 9.53 Å². The van der Waals surface area contributed by atoms with Crippen LogP contribution in [0.4, 0.5) is 0 Å². The Morgan fingerprint density at radius 3 is 2.86 bits per heavy atom. The van der Waals surface area contributed by atoms with Crippen LogP contribution in [-0.4, -0.2) is 36.8 Å². The molecule has 0 spiro atoms. The molecule has 0 aromatic heterocycles. The number of esters is 1. The van der Waals surface area contributed by atoms with Crippen LogP contribution in [0.2, 0.25) is 0 Å². The summed E-state index contributed by atoms with van der Waals surface area (Å²) in [6.07, 6.45) is 5.07. The van der Waals surface area contributed by atoms with Crippen molar-refractivity contribution in [1.82, 2.24) is 4.90 Å². The SMILES string of the molecule is CCOC(=O)C=C1c2ccccc2OC1N1CCCCC1. The number of rotatable bonds is 3. The fourth-order valence-corrected chi connectivity index (χ4v) is 3.01. The molecule has 0 saturated carbocycles. The highest BCUT2D eigenvalue weighted by Crippen LogP contribution is 2.39. The van der Waals surface area contributed by atoms with E-state index >= 15 is 0 Å². The smallest absolute Gasteiger partial charge is 0.331 e. The first kappa shape index (κ1) is 14.1. The van der Waals surface area contributed by atoms with E-state index in [1.54, 1.807) is 6.08 Å². The molecular weight excluding hydrogens is 266 g/mol. The van der Waals surface area contributed by atoms with Crippen molar-refractivity contribution >= 4 is 11.5 Å². The summed E-state index contributed by atoms with van der Waals surface area (Å²) >= 11 is 0. The van der Waals surface area contributed by atoms with Gasteiger partial charge in [0.1, 0.15) is 5.75 Å². The van der Waals surface area contributed by atoms with E-state index in [-0.39, 0.29) is 12.2 Å². The monoisotopic (exact) mass is 287 g/mol. The molecule has 0 bridgehead atoms. The first-order valence-electron chi connectivity index (χ1n) is 7.68. The third kappa shape index (κ3) is 2.95. The van der Waals surface area contributed by atoms with Crippen LogP contribution >= 0.6 is 0 Å². The molecule has 112 valence electrons. The van der Waals surface area contributed by atoms with E-state index in [4.69, 9.17) is 9.47 Å². The van der Waals surface area contributed by atoms with Gasteiger partial charge in [-0.15, -0.1) is 0 Å². The quantitative estimate of drug-likeness (QED) is 0.633. The van der Waals surface area contributed by atoms with E-state index < -0.39 is 0 Å². The molecule has 4 nitrogen and oxygen atoms in total.